The highest BCUT2D eigenvalue weighted by Crippen LogP contribution is 2.28. The fourth-order valence-electron chi connectivity index (χ4n) is 2.09. The molecule has 0 atom stereocenters. The molecule has 0 N–H and O–H groups in total. The van der Waals surface area contributed by atoms with Crippen LogP contribution in [0.5, 0.6) is 11.5 Å². The summed E-state index contributed by atoms with van der Waals surface area (Å²) < 4.78 is 10.5. The Morgan fingerprint density at radius 3 is 1.96 bits per heavy atom. The first-order valence-corrected chi connectivity index (χ1v) is 8.25. The average Bonchev–Trinajstić information content (AvgIpc) is 2.64. The van der Waals surface area contributed by atoms with Crippen molar-refractivity contribution < 1.29 is 14.3 Å². The molecular weight excluding hydrogens is 320 g/mol. The zero-order chi connectivity index (χ0) is 16.8. The van der Waals surface area contributed by atoms with E-state index in [0.717, 1.165) is 4.90 Å². The van der Waals surface area contributed by atoms with E-state index in [9.17, 15) is 4.79 Å². The summed E-state index contributed by atoms with van der Waals surface area (Å²) in [6.45, 7) is 0. The van der Waals surface area contributed by atoms with E-state index >= 15 is 0 Å². The minimum Gasteiger partial charge on any atom is -0.497 e. The Kier molecular flexibility index (Phi) is 5.18. The van der Waals surface area contributed by atoms with Crippen molar-refractivity contribution >= 4 is 17.7 Å². The van der Waals surface area contributed by atoms with Crippen LogP contribution in [0.1, 0.15) is 10.4 Å². The second-order valence-corrected chi connectivity index (χ2v) is 6.15. The molecule has 24 heavy (non-hydrogen) atoms. The maximum absolute atomic E-state index is 12.1. The first-order valence-electron chi connectivity index (χ1n) is 7.44. The van der Waals surface area contributed by atoms with E-state index < -0.39 is 0 Å². The number of carbonyl (C=O) groups is 1. The number of methoxy groups -OCH3 is 1. The summed E-state index contributed by atoms with van der Waals surface area (Å²) in [6.07, 6.45) is 0. The zero-order valence-electron chi connectivity index (χ0n) is 13.1. The van der Waals surface area contributed by atoms with Gasteiger partial charge in [0, 0.05) is 9.79 Å². The summed E-state index contributed by atoms with van der Waals surface area (Å²) in [5.41, 5.74) is 0.485. The highest BCUT2D eigenvalue weighted by molar-refractivity contribution is 7.99. The molecule has 0 aliphatic rings. The van der Waals surface area contributed by atoms with Crippen molar-refractivity contribution in [1.82, 2.24) is 0 Å². The van der Waals surface area contributed by atoms with E-state index in [1.165, 1.54) is 4.90 Å². The quantitative estimate of drug-likeness (QED) is 0.481. The summed E-state index contributed by atoms with van der Waals surface area (Å²) in [6, 6.07) is 24.4. The standard InChI is InChI=1S/C20H16O3S/c1-22-16-9-7-15(8-10-16)20(21)23-17-11-13-19(14-12-17)24-18-5-3-2-4-6-18/h2-14H,1H3. The fraction of sp³-hybridized carbons (Fsp3) is 0.0500. The van der Waals surface area contributed by atoms with Gasteiger partial charge in [0.1, 0.15) is 11.5 Å². The van der Waals surface area contributed by atoms with E-state index in [0.29, 0.717) is 17.1 Å². The third kappa shape index (κ3) is 4.18. The molecule has 0 heterocycles. The van der Waals surface area contributed by atoms with Gasteiger partial charge in [-0.3, -0.25) is 0 Å². The smallest absolute Gasteiger partial charge is 0.343 e. The number of esters is 1. The van der Waals surface area contributed by atoms with Gasteiger partial charge in [0.15, 0.2) is 0 Å². The molecule has 0 aliphatic carbocycles. The maximum atomic E-state index is 12.1. The van der Waals surface area contributed by atoms with Crippen molar-refractivity contribution in [3.8, 4) is 11.5 Å². The van der Waals surface area contributed by atoms with Crippen LogP contribution in [-0.4, -0.2) is 13.1 Å². The Bertz CT molecular complexity index is 797. The Balaban J connectivity index is 1.64. The third-order valence-corrected chi connectivity index (χ3v) is 4.35. The number of hydrogen-bond acceptors (Lipinski definition) is 4. The third-order valence-electron chi connectivity index (χ3n) is 3.34. The largest absolute Gasteiger partial charge is 0.497 e. The molecule has 0 saturated carbocycles. The molecule has 0 aromatic heterocycles. The lowest BCUT2D eigenvalue weighted by Gasteiger charge is -2.06. The summed E-state index contributed by atoms with van der Waals surface area (Å²) >= 11 is 1.66. The molecule has 3 aromatic rings. The Morgan fingerprint density at radius 2 is 1.33 bits per heavy atom. The summed E-state index contributed by atoms with van der Waals surface area (Å²) in [4.78, 5) is 14.4. The lowest BCUT2D eigenvalue weighted by molar-refractivity contribution is 0.0734. The topological polar surface area (TPSA) is 35.5 Å². The average molecular weight is 336 g/mol. The lowest BCUT2D eigenvalue weighted by atomic mass is 10.2. The number of ether oxygens (including phenoxy) is 2. The molecule has 3 nitrogen and oxygen atoms in total. The molecule has 3 rings (SSSR count). The number of rotatable bonds is 5. The van der Waals surface area contributed by atoms with Crippen LogP contribution in [0, 0.1) is 0 Å². The fourth-order valence-corrected chi connectivity index (χ4v) is 2.93. The van der Waals surface area contributed by atoms with Gasteiger partial charge in [-0.05, 0) is 60.7 Å². The molecular formula is C20H16O3S. The normalized spacial score (nSPS) is 10.2. The Morgan fingerprint density at radius 1 is 0.750 bits per heavy atom. The van der Waals surface area contributed by atoms with Gasteiger partial charge in [-0.2, -0.15) is 0 Å². The Hall–Kier alpha value is -2.72. The molecule has 0 radical (unpaired) electrons. The van der Waals surface area contributed by atoms with Crippen LogP contribution in [0.2, 0.25) is 0 Å². The first-order chi connectivity index (χ1) is 11.7. The van der Waals surface area contributed by atoms with Gasteiger partial charge in [0.25, 0.3) is 0 Å². The predicted molar refractivity (Wildman–Crippen MR) is 95.0 cm³/mol. The monoisotopic (exact) mass is 336 g/mol. The predicted octanol–water partition coefficient (Wildman–Crippen LogP) is 5.07. The van der Waals surface area contributed by atoms with Gasteiger partial charge < -0.3 is 9.47 Å². The molecule has 3 aromatic carbocycles. The van der Waals surface area contributed by atoms with Crippen LogP contribution in [0.15, 0.2) is 88.7 Å². The van der Waals surface area contributed by atoms with Crippen LogP contribution in [0.4, 0.5) is 0 Å². The van der Waals surface area contributed by atoms with Crippen molar-refractivity contribution in [1.29, 1.82) is 0 Å². The van der Waals surface area contributed by atoms with Crippen LogP contribution in [0.25, 0.3) is 0 Å². The highest BCUT2D eigenvalue weighted by atomic mass is 32.2. The van der Waals surface area contributed by atoms with Crippen molar-refractivity contribution in [2.24, 2.45) is 0 Å². The molecule has 0 bridgehead atoms. The zero-order valence-corrected chi connectivity index (χ0v) is 14.0. The minimum absolute atomic E-state index is 0.388. The SMILES string of the molecule is COc1ccc(C(=O)Oc2ccc(Sc3ccccc3)cc2)cc1. The minimum atomic E-state index is -0.388. The van der Waals surface area contributed by atoms with Gasteiger partial charge in [0.05, 0.1) is 12.7 Å². The molecule has 0 amide bonds. The van der Waals surface area contributed by atoms with Crippen molar-refractivity contribution in [3.05, 3.63) is 84.4 Å². The van der Waals surface area contributed by atoms with Crippen LogP contribution in [-0.2, 0) is 0 Å². The van der Waals surface area contributed by atoms with Crippen molar-refractivity contribution in [2.45, 2.75) is 9.79 Å². The van der Waals surface area contributed by atoms with E-state index in [1.807, 2.05) is 30.3 Å². The van der Waals surface area contributed by atoms with E-state index in [-0.39, 0.29) is 5.97 Å². The van der Waals surface area contributed by atoms with Gasteiger partial charge >= 0.3 is 5.97 Å². The molecule has 0 fully saturated rings. The molecule has 0 spiro atoms. The second kappa shape index (κ2) is 7.70. The lowest BCUT2D eigenvalue weighted by Crippen LogP contribution is -2.08. The van der Waals surface area contributed by atoms with Gasteiger partial charge in [-0.15, -0.1) is 0 Å². The highest BCUT2D eigenvalue weighted by Gasteiger charge is 2.09. The molecule has 120 valence electrons. The summed E-state index contributed by atoms with van der Waals surface area (Å²) in [5.74, 6) is 0.836. The summed E-state index contributed by atoms with van der Waals surface area (Å²) in [5, 5.41) is 0. The molecule has 0 saturated heterocycles. The number of hydrogen-bond donors (Lipinski definition) is 0. The maximum Gasteiger partial charge on any atom is 0.343 e. The van der Waals surface area contributed by atoms with E-state index in [4.69, 9.17) is 9.47 Å². The summed E-state index contributed by atoms with van der Waals surface area (Å²) in [7, 11) is 1.59. The van der Waals surface area contributed by atoms with Crippen molar-refractivity contribution in [3.63, 3.8) is 0 Å². The number of benzene rings is 3. The Labute approximate surface area is 145 Å². The molecule has 0 aliphatic heterocycles. The molecule has 4 heteroatoms. The van der Waals surface area contributed by atoms with Crippen LogP contribution >= 0.6 is 11.8 Å². The second-order valence-electron chi connectivity index (χ2n) is 5.00. The first kappa shape index (κ1) is 16.1. The van der Waals surface area contributed by atoms with E-state index in [2.05, 4.69) is 12.1 Å². The van der Waals surface area contributed by atoms with Crippen molar-refractivity contribution in [2.75, 3.05) is 7.11 Å². The molecule has 0 unspecified atom stereocenters. The van der Waals surface area contributed by atoms with Gasteiger partial charge in [-0.25, -0.2) is 4.79 Å². The van der Waals surface area contributed by atoms with Crippen LogP contribution in [0.3, 0.4) is 0 Å². The van der Waals surface area contributed by atoms with Crippen LogP contribution < -0.4 is 9.47 Å². The van der Waals surface area contributed by atoms with E-state index in [1.54, 1.807) is 55.3 Å². The number of carbonyl (C=O) groups excluding carboxylic acids is 1. The van der Waals surface area contributed by atoms with Gasteiger partial charge in [-0.1, -0.05) is 30.0 Å². The van der Waals surface area contributed by atoms with Gasteiger partial charge in [0.2, 0.25) is 0 Å².